The van der Waals surface area contributed by atoms with E-state index in [9.17, 15) is 4.79 Å². The van der Waals surface area contributed by atoms with Gasteiger partial charge in [0, 0.05) is 0 Å². The maximum atomic E-state index is 11.8. The molecule has 6 rings (SSSR count). The van der Waals surface area contributed by atoms with Crippen molar-refractivity contribution in [1.82, 2.24) is 0 Å². The van der Waals surface area contributed by atoms with Gasteiger partial charge < -0.3 is 4.74 Å². The molecule has 0 saturated heterocycles. The summed E-state index contributed by atoms with van der Waals surface area (Å²) >= 11 is 0. The van der Waals surface area contributed by atoms with Crippen LogP contribution in [-0.4, -0.2) is 13.1 Å². The minimum atomic E-state index is 0.0537. The molecule has 6 aliphatic carbocycles. The number of hydrogen-bond acceptors (Lipinski definition) is 2. The molecule has 0 amide bonds. The summed E-state index contributed by atoms with van der Waals surface area (Å²) in [5, 5.41) is 0. The van der Waals surface area contributed by atoms with E-state index in [-0.39, 0.29) is 11.4 Å². The molecule has 0 aromatic rings. The molecular formula is C13H14O2. The highest BCUT2D eigenvalue weighted by Crippen LogP contribution is 3.10. The molecule has 0 aromatic carbocycles. The fourth-order valence-electron chi connectivity index (χ4n) is 6.82. The maximum absolute atomic E-state index is 11.8. The maximum Gasteiger partial charge on any atom is 0.312 e. The van der Waals surface area contributed by atoms with Gasteiger partial charge in [-0.25, -0.2) is 0 Å². The van der Waals surface area contributed by atoms with Gasteiger partial charge in [0.25, 0.3) is 0 Å². The molecule has 0 unspecified atom stereocenters. The van der Waals surface area contributed by atoms with Gasteiger partial charge >= 0.3 is 5.97 Å². The molecule has 0 bridgehead atoms. The van der Waals surface area contributed by atoms with Crippen molar-refractivity contribution < 1.29 is 9.53 Å². The highest BCUT2D eigenvalue weighted by Gasteiger charge is 3.11. The molecule has 2 heteroatoms. The van der Waals surface area contributed by atoms with Gasteiger partial charge in [-0.05, 0) is 47.8 Å². The van der Waals surface area contributed by atoms with E-state index in [1.807, 2.05) is 0 Å². The monoisotopic (exact) mass is 202 g/mol. The summed E-state index contributed by atoms with van der Waals surface area (Å²) < 4.78 is 5.00. The van der Waals surface area contributed by atoms with E-state index >= 15 is 0 Å². The van der Waals surface area contributed by atoms with E-state index in [1.165, 1.54) is 0 Å². The molecule has 0 N–H and O–H groups in total. The van der Waals surface area contributed by atoms with Crippen LogP contribution in [0.15, 0.2) is 12.2 Å². The molecule has 0 heterocycles. The lowest BCUT2D eigenvalue weighted by Crippen LogP contribution is -3.10. The van der Waals surface area contributed by atoms with Crippen molar-refractivity contribution in [3.8, 4) is 0 Å². The third-order valence-corrected chi connectivity index (χ3v) is 6.70. The van der Waals surface area contributed by atoms with Crippen LogP contribution in [0.4, 0.5) is 0 Å². The van der Waals surface area contributed by atoms with Crippen LogP contribution in [-0.2, 0) is 9.53 Å². The zero-order chi connectivity index (χ0) is 10.2. The van der Waals surface area contributed by atoms with E-state index in [0.717, 1.165) is 35.5 Å². The first kappa shape index (κ1) is 7.48. The lowest BCUT2D eigenvalue weighted by atomic mass is 8.92. The van der Waals surface area contributed by atoms with Gasteiger partial charge in [0.2, 0.25) is 0 Å². The predicted molar refractivity (Wildman–Crippen MR) is 52.6 cm³/mol. The van der Waals surface area contributed by atoms with Crippen molar-refractivity contribution in [3.63, 3.8) is 0 Å². The van der Waals surface area contributed by atoms with Crippen molar-refractivity contribution in [2.45, 2.75) is 6.92 Å². The first-order chi connectivity index (χ1) is 7.27. The van der Waals surface area contributed by atoms with Crippen LogP contribution in [0.5, 0.6) is 0 Å². The number of carbonyl (C=O) groups excluding carboxylic acids is 1. The Kier molecular flexibility index (Phi) is 0.792. The quantitative estimate of drug-likeness (QED) is 0.500. The first-order valence-corrected chi connectivity index (χ1v) is 6.00. The van der Waals surface area contributed by atoms with Crippen LogP contribution in [0, 0.1) is 46.3 Å². The first-order valence-electron chi connectivity index (χ1n) is 6.00. The summed E-state index contributed by atoms with van der Waals surface area (Å²) in [6.45, 7) is 2.12. The number of allylic oxidation sites excluding steroid dienone is 2. The molecule has 0 aliphatic heterocycles. The fraction of sp³-hybridized carbons (Fsp3) is 0.769. The molecule has 6 aliphatic rings. The lowest BCUT2D eigenvalue weighted by Gasteiger charge is -3.10. The average molecular weight is 202 g/mol. The molecule has 6 fully saturated rings. The molecule has 15 heavy (non-hydrogen) atoms. The van der Waals surface area contributed by atoms with Crippen LogP contribution in [0.25, 0.3) is 0 Å². The Balaban J connectivity index is 1.57. The summed E-state index contributed by atoms with van der Waals surface area (Å²) in [7, 11) is 1.55. The Morgan fingerprint density at radius 2 is 1.67 bits per heavy atom. The summed E-state index contributed by atoms with van der Waals surface area (Å²) in [5.74, 6) is 4.89. The van der Waals surface area contributed by atoms with Crippen molar-refractivity contribution in [2.24, 2.45) is 46.3 Å². The van der Waals surface area contributed by atoms with Gasteiger partial charge in [0.1, 0.15) is 0 Å². The van der Waals surface area contributed by atoms with Crippen LogP contribution in [0.3, 0.4) is 0 Å². The summed E-state index contributed by atoms with van der Waals surface area (Å²) in [6, 6.07) is 0. The van der Waals surface area contributed by atoms with Crippen molar-refractivity contribution in [3.05, 3.63) is 12.2 Å². The van der Waals surface area contributed by atoms with E-state index in [4.69, 9.17) is 4.74 Å². The molecule has 0 aromatic heterocycles. The minimum Gasteiger partial charge on any atom is -0.469 e. The third-order valence-electron chi connectivity index (χ3n) is 6.70. The molecule has 0 radical (unpaired) electrons. The van der Waals surface area contributed by atoms with Crippen LogP contribution in [0.1, 0.15) is 6.92 Å². The molecule has 0 spiro atoms. The zero-order valence-corrected chi connectivity index (χ0v) is 8.94. The Hall–Kier alpha value is -0.790. The van der Waals surface area contributed by atoms with Crippen molar-refractivity contribution >= 4 is 5.97 Å². The van der Waals surface area contributed by atoms with Gasteiger partial charge in [-0.1, -0.05) is 12.2 Å². The number of methoxy groups -OCH3 is 1. The van der Waals surface area contributed by atoms with Gasteiger partial charge in [-0.3, -0.25) is 4.79 Å². The molecule has 2 nitrogen and oxygen atoms in total. The van der Waals surface area contributed by atoms with E-state index < -0.39 is 0 Å². The Bertz CT molecular complexity index is 394. The molecule has 0 atom stereocenters. The summed E-state index contributed by atoms with van der Waals surface area (Å²) in [4.78, 5) is 11.8. The summed E-state index contributed by atoms with van der Waals surface area (Å²) in [6.07, 6.45) is 4.66. The minimum absolute atomic E-state index is 0.0537. The van der Waals surface area contributed by atoms with Crippen LogP contribution in [0.2, 0.25) is 0 Å². The lowest BCUT2D eigenvalue weighted by molar-refractivity contribution is -0.629. The smallest absolute Gasteiger partial charge is 0.312 e. The van der Waals surface area contributed by atoms with Crippen LogP contribution < -0.4 is 0 Å². The third kappa shape index (κ3) is 0.327. The molecule has 78 valence electrons. The number of carbonyl (C=O) groups is 1. The highest BCUT2D eigenvalue weighted by atomic mass is 16.5. The second-order valence-electron chi connectivity index (χ2n) is 6.08. The van der Waals surface area contributed by atoms with Gasteiger partial charge in [-0.15, -0.1) is 0 Å². The Morgan fingerprint density at radius 1 is 1.13 bits per heavy atom. The number of hydrogen-bond donors (Lipinski definition) is 0. The normalized spacial score (nSPS) is 73.2. The predicted octanol–water partition coefficient (Wildman–Crippen LogP) is 1.47. The van der Waals surface area contributed by atoms with E-state index in [1.54, 1.807) is 7.11 Å². The topological polar surface area (TPSA) is 26.3 Å². The van der Waals surface area contributed by atoms with Crippen LogP contribution >= 0.6 is 0 Å². The summed E-state index contributed by atoms with van der Waals surface area (Å²) in [5.41, 5.74) is 0.641. The number of rotatable bonds is 2. The Morgan fingerprint density at radius 3 is 2.07 bits per heavy atom. The van der Waals surface area contributed by atoms with Gasteiger partial charge in [0.05, 0.1) is 12.5 Å². The zero-order valence-electron chi connectivity index (χ0n) is 8.94. The van der Waals surface area contributed by atoms with Crippen molar-refractivity contribution in [2.75, 3.05) is 7.11 Å². The molecule has 6 saturated carbocycles. The number of esters is 1. The largest absolute Gasteiger partial charge is 0.469 e. The second kappa shape index (κ2) is 1.59. The number of ether oxygens (including phenoxy) is 1. The van der Waals surface area contributed by atoms with E-state index in [2.05, 4.69) is 19.1 Å². The molecular weight excluding hydrogens is 188 g/mol. The fourth-order valence-corrected chi connectivity index (χ4v) is 6.82. The van der Waals surface area contributed by atoms with Gasteiger partial charge in [-0.2, -0.15) is 0 Å². The Labute approximate surface area is 88.7 Å². The standard InChI is InChI=1S/C13H14O2/c1-3-4-12-5-8-6(12)10-7(12)9(5)13(8,10)11(14)15-2/h3-10H,1-2H3. The second-order valence-corrected chi connectivity index (χ2v) is 6.08. The van der Waals surface area contributed by atoms with Crippen molar-refractivity contribution in [1.29, 1.82) is 0 Å². The highest BCUT2D eigenvalue weighted by molar-refractivity contribution is 5.88. The average Bonchev–Trinajstić information content (AvgIpc) is 2.29. The SMILES string of the molecule is CC=CC12C3C4C1C1C2C3C41C(=O)OC. The van der Waals surface area contributed by atoms with E-state index in [0.29, 0.717) is 5.41 Å². The van der Waals surface area contributed by atoms with Gasteiger partial charge in [0.15, 0.2) is 0 Å².